The predicted octanol–water partition coefficient (Wildman–Crippen LogP) is 2.80. The van der Waals surface area contributed by atoms with Gasteiger partial charge in [-0.3, -0.25) is 9.78 Å². The van der Waals surface area contributed by atoms with Gasteiger partial charge in [0.05, 0.1) is 11.9 Å². The normalized spacial score (nSPS) is 13.6. The molecule has 0 aliphatic rings. The number of aromatic nitrogens is 1. The van der Waals surface area contributed by atoms with Crippen LogP contribution < -0.4 is 11.1 Å². The maximum atomic E-state index is 12.9. The number of anilines is 1. The second-order valence-corrected chi connectivity index (χ2v) is 5.40. The molecule has 1 unspecified atom stereocenters. The van der Waals surface area contributed by atoms with E-state index in [9.17, 15) is 9.18 Å². The van der Waals surface area contributed by atoms with Crippen LogP contribution >= 0.6 is 15.9 Å². The lowest BCUT2D eigenvalue weighted by atomic mass is 9.95. The molecule has 2 aromatic rings. The zero-order chi connectivity index (χ0) is 14.8. The first kappa shape index (κ1) is 14.5. The third kappa shape index (κ3) is 2.96. The highest BCUT2D eigenvalue weighted by molar-refractivity contribution is 9.10. The Morgan fingerprint density at radius 1 is 1.30 bits per heavy atom. The van der Waals surface area contributed by atoms with Gasteiger partial charge in [0.1, 0.15) is 5.82 Å². The molecule has 0 fully saturated rings. The van der Waals surface area contributed by atoms with Crippen molar-refractivity contribution in [2.75, 3.05) is 5.32 Å². The predicted molar refractivity (Wildman–Crippen MR) is 78.5 cm³/mol. The summed E-state index contributed by atoms with van der Waals surface area (Å²) in [4.78, 5) is 15.7. The number of amides is 1. The van der Waals surface area contributed by atoms with Gasteiger partial charge < -0.3 is 11.1 Å². The van der Waals surface area contributed by atoms with E-state index in [0.29, 0.717) is 11.4 Å². The maximum absolute atomic E-state index is 12.9. The van der Waals surface area contributed by atoms with Crippen LogP contribution in [0.25, 0.3) is 0 Å². The molecule has 4 nitrogen and oxygen atoms in total. The van der Waals surface area contributed by atoms with Gasteiger partial charge in [-0.25, -0.2) is 4.39 Å². The number of pyridine rings is 1. The van der Waals surface area contributed by atoms with Crippen molar-refractivity contribution in [3.8, 4) is 0 Å². The molecule has 1 heterocycles. The lowest BCUT2D eigenvalue weighted by Gasteiger charge is -2.28. The summed E-state index contributed by atoms with van der Waals surface area (Å²) in [6.07, 6.45) is 1.06. The van der Waals surface area contributed by atoms with E-state index >= 15 is 0 Å². The second-order valence-electron chi connectivity index (χ2n) is 4.48. The molecule has 0 saturated carbocycles. The van der Waals surface area contributed by atoms with Crippen LogP contribution in [0.5, 0.6) is 0 Å². The molecule has 6 heteroatoms. The van der Waals surface area contributed by atoms with Gasteiger partial charge in [-0.1, -0.05) is 15.9 Å². The van der Waals surface area contributed by atoms with Crippen molar-refractivity contribution in [2.24, 2.45) is 5.73 Å². The zero-order valence-corrected chi connectivity index (χ0v) is 12.3. The summed E-state index contributed by atoms with van der Waals surface area (Å²) in [5.74, 6) is -1.07. The van der Waals surface area contributed by atoms with Gasteiger partial charge in [0.25, 0.3) is 0 Å². The first-order chi connectivity index (χ1) is 9.41. The van der Waals surface area contributed by atoms with Crippen molar-refractivity contribution < 1.29 is 9.18 Å². The van der Waals surface area contributed by atoms with Crippen LogP contribution in [0.2, 0.25) is 0 Å². The highest BCUT2D eigenvalue weighted by Crippen LogP contribution is 2.25. The molecular weight excluding hydrogens is 325 g/mol. The molecule has 0 radical (unpaired) electrons. The number of primary amides is 1. The fourth-order valence-corrected chi connectivity index (χ4v) is 2.01. The molecule has 0 aliphatic carbocycles. The topological polar surface area (TPSA) is 68.0 Å². The van der Waals surface area contributed by atoms with E-state index in [1.807, 2.05) is 12.1 Å². The number of carbonyl (C=O) groups excluding carboxylic acids is 1. The van der Waals surface area contributed by atoms with Gasteiger partial charge in [-0.15, -0.1) is 0 Å². The van der Waals surface area contributed by atoms with Crippen LogP contribution in [0.4, 0.5) is 10.1 Å². The van der Waals surface area contributed by atoms with E-state index in [-0.39, 0.29) is 0 Å². The molecule has 0 saturated heterocycles. The van der Waals surface area contributed by atoms with Crippen LogP contribution in [0.3, 0.4) is 0 Å². The van der Waals surface area contributed by atoms with E-state index in [2.05, 4.69) is 26.2 Å². The van der Waals surface area contributed by atoms with Crippen molar-refractivity contribution in [1.29, 1.82) is 0 Å². The molecule has 1 atom stereocenters. The van der Waals surface area contributed by atoms with Crippen LogP contribution in [0.15, 0.2) is 47.1 Å². The summed E-state index contributed by atoms with van der Waals surface area (Å²) in [5.41, 5.74) is 5.32. The average molecular weight is 338 g/mol. The molecule has 20 heavy (non-hydrogen) atoms. The average Bonchev–Trinajstić information content (AvgIpc) is 2.42. The number of benzene rings is 1. The minimum atomic E-state index is -1.22. The van der Waals surface area contributed by atoms with E-state index in [4.69, 9.17) is 5.73 Å². The first-order valence-electron chi connectivity index (χ1n) is 5.87. The molecule has 0 bridgehead atoms. The van der Waals surface area contributed by atoms with E-state index in [1.165, 1.54) is 12.1 Å². The van der Waals surface area contributed by atoms with Gasteiger partial charge in [-0.2, -0.15) is 0 Å². The van der Waals surface area contributed by atoms with Crippen molar-refractivity contribution in [1.82, 2.24) is 4.98 Å². The molecular formula is C14H13BrFN3O. The second kappa shape index (κ2) is 5.58. The summed E-state index contributed by atoms with van der Waals surface area (Å²) in [6.45, 7) is 1.61. The largest absolute Gasteiger partial charge is 0.367 e. The summed E-state index contributed by atoms with van der Waals surface area (Å²) in [7, 11) is 0. The fourth-order valence-electron chi connectivity index (χ4n) is 1.75. The van der Waals surface area contributed by atoms with Crippen LogP contribution in [-0.4, -0.2) is 10.9 Å². The molecule has 1 aromatic heterocycles. The summed E-state index contributed by atoms with van der Waals surface area (Å²) in [6, 6.07) is 9.95. The minimum Gasteiger partial charge on any atom is -0.367 e. The Balaban J connectivity index is 2.37. The van der Waals surface area contributed by atoms with E-state index in [1.54, 1.807) is 19.1 Å². The van der Waals surface area contributed by atoms with Crippen LogP contribution in [-0.2, 0) is 10.3 Å². The van der Waals surface area contributed by atoms with Crippen molar-refractivity contribution >= 4 is 27.5 Å². The fraction of sp³-hybridized carbons (Fsp3) is 0.143. The number of carbonyl (C=O) groups is 1. The van der Waals surface area contributed by atoms with Crippen LogP contribution in [0, 0.1) is 5.82 Å². The Kier molecular flexibility index (Phi) is 4.04. The highest BCUT2D eigenvalue weighted by atomic mass is 79.9. The molecule has 104 valence electrons. The third-order valence-electron chi connectivity index (χ3n) is 2.97. The number of hydrogen-bond donors (Lipinski definition) is 2. The van der Waals surface area contributed by atoms with Crippen molar-refractivity contribution in [3.05, 3.63) is 58.6 Å². The monoisotopic (exact) mass is 337 g/mol. The number of nitrogens with two attached hydrogens (primary N) is 1. The Labute approximate surface area is 124 Å². The van der Waals surface area contributed by atoms with Gasteiger partial charge in [-0.05, 0) is 43.3 Å². The molecule has 1 amide bonds. The quantitative estimate of drug-likeness (QED) is 0.901. The van der Waals surface area contributed by atoms with Gasteiger partial charge in [0, 0.05) is 10.2 Å². The van der Waals surface area contributed by atoms with Crippen LogP contribution in [0.1, 0.15) is 12.6 Å². The Morgan fingerprint density at radius 2 is 1.95 bits per heavy atom. The molecule has 1 aromatic carbocycles. The first-order valence-corrected chi connectivity index (χ1v) is 6.67. The zero-order valence-electron chi connectivity index (χ0n) is 10.7. The van der Waals surface area contributed by atoms with Gasteiger partial charge in [0.15, 0.2) is 5.54 Å². The summed E-state index contributed by atoms with van der Waals surface area (Å²) in [5, 5.41) is 3.04. The van der Waals surface area contributed by atoms with Crippen molar-refractivity contribution in [2.45, 2.75) is 12.5 Å². The lowest BCUT2D eigenvalue weighted by Crippen LogP contribution is -2.45. The Hall–Kier alpha value is -1.95. The summed E-state index contributed by atoms with van der Waals surface area (Å²) < 4.78 is 13.9. The standard InChI is InChI=1S/C14H13BrFN3O/c1-14(13(17)20,12-7-4-10(16)8-18-12)19-11-5-2-9(15)3-6-11/h2-8,19H,1H3,(H2,17,20). The van der Waals surface area contributed by atoms with Gasteiger partial charge in [0.2, 0.25) is 5.91 Å². The SMILES string of the molecule is CC(Nc1ccc(Br)cc1)(C(N)=O)c1ccc(F)cn1. The lowest BCUT2D eigenvalue weighted by molar-refractivity contribution is -0.122. The number of rotatable bonds is 4. The third-order valence-corrected chi connectivity index (χ3v) is 3.50. The number of halogens is 2. The maximum Gasteiger partial charge on any atom is 0.249 e. The number of nitrogens with zero attached hydrogens (tertiary/aromatic N) is 1. The number of hydrogen-bond acceptors (Lipinski definition) is 3. The Bertz CT molecular complexity index is 615. The highest BCUT2D eigenvalue weighted by Gasteiger charge is 2.34. The Morgan fingerprint density at radius 3 is 2.45 bits per heavy atom. The molecule has 3 N–H and O–H groups in total. The molecule has 0 aliphatic heterocycles. The summed E-state index contributed by atoms with van der Waals surface area (Å²) >= 11 is 3.33. The minimum absolute atomic E-state index is 0.356. The smallest absolute Gasteiger partial charge is 0.249 e. The molecule has 2 rings (SSSR count). The van der Waals surface area contributed by atoms with E-state index in [0.717, 1.165) is 10.7 Å². The van der Waals surface area contributed by atoms with Gasteiger partial charge >= 0.3 is 0 Å². The molecule has 0 spiro atoms. The van der Waals surface area contributed by atoms with Crippen molar-refractivity contribution in [3.63, 3.8) is 0 Å². The number of nitrogens with one attached hydrogen (secondary N) is 1. The van der Waals surface area contributed by atoms with E-state index < -0.39 is 17.3 Å².